The fourth-order valence-electron chi connectivity index (χ4n) is 1.84. The molecule has 4 heteroatoms. The van der Waals surface area contributed by atoms with Crippen LogP contribution in [0, 0.1) is 0 Å². The Morgan fingerprint density at radius 2 is 2.11 bits per heavy atom. The molecule has 0 N–H and O–H groups in total. The minimum atomic E-state index is 0.132. The molecule has 0 fully saturated rings. The van der Waals surface area contributed by atoms with E-state index in [0.29, 0.717) is 12.2 Å². The first kappa shape index (κ1) is 14.9. The van der Waals surface area contributed by atoms with Gasteiger partial charge in [0.1, 0.15) is 5.75 Å². The van der Waals surface area contributed by atoms with Gasteiger partial charge in [0.15, 0.2) is 0 Å². The van der Waals surface area contributed by atoms with Crippen LogP contribution in [0.25, 0.3) is 0 Å². The van der Waals surface area contributed by atoms with Crippen molar-refractivity contribution in [1.82, 2.24) is 4.90 Å². The number of hydrogen-bond donors (Lipinski definition) is 1. The number of ether oxygens (including phenoxy) is 1. The summed E-state index contributed by atoms with van der Waals surface area (Å²) >= 11 is 4.09. The van der Waals surface area contributed by atoms with Crippen molar-refractivity contribution in [1.29, 1.82) is 0 Å². The predicted molar refractivity (Wildman–Crippen MR) is 77.4 cm³/mol. The monoisotopic (exact) mass is 267 g/mol. The van der Waals surface area contributed by atoms with E-state index in [-0.39, 0.29) is 11.9 Å². The lowest BCUT2D eigenvalue weighted by Crippen LogP contribution is -2.36. The van der Waals surface area contributed by atoms with Crippen molar-refractivity contribution in [3.05, 3.63) is 29.8 Å². The molecule has 3 nitrogen and oxygen atoms in total. The van der Waals surface area contributed by atoms with Crippen LogP contribution in [0.1, 0.15) is 18.9 Å². The molecule has 1 atom stereocenters. The second-order valence-electron chi connectivity index (χ2n) is 4.34. The molecule has 0 aliphatic heterocycles. The molecule has 0 heterocycles. The van der Waals surface area contributed by atoms with Gasteiger partial charge in [-0.15, -0.1) is 0 Å². The Bertz CT molecular complexity index is 395. The van der Waals surface area contributed by atoms with E-state index in [2.05, 4.69) is 12.6 Å². The molecule has 0 saturated heterocycles. The van der Waals surface area contributed by atoms with E-state index in [4.69, 9.17) is 4.74 Å². The molecule has 0 bridgehead atoms. The van der Waals surface area contributed by atoms with Crippen LogP contribution in [-0.2, 0) is 11.2 Å². The highest BCUT2D eigenvalue weighted by molar-refractivity contribution is 7.80. The van der Waals surface area contributed by atoms with E-state index in [9.17, 15) is 4.79 Å². The second-order valence-corrected chi connectivity index (χ2v) is 4.79. The summed E-state index contributed by atoms with van der Waals surface area (Å²) in [4.78, 5) is 13.6. The molecule has 1 rings (SSSR count). The van der Waals surface area contributed by atoms with Crippen LogP contribution in [0.2, 0.25) is 0 Å². The van der Waals surface area contributed by atoms with Crippen LogP contribution in [0.15, 0.2) is 24.3 Å². The number of nitrogens with zero attached hydrogens (tertiary/aromatic N) is 1. The largest absolute Gasteiger partial charge is 0.496 e. The topological polar surface area (TPSA) is 29.5 Å². The Kier molecular flexibility index (Phi) is 6.05. The molecule has 0 aliphatic carbocycles. The zero-order valence-electron chi connectivity index (χ0n) is 11.2. The van der Waals surface area contributed by atoms with E-state index in [1.807, 2.05) is 38.2 Å². The first-order valence-electron chi connectivity index (χ1n) is 6.08. The summed E-state index contributed by atoms with van der Waals surface area (Å²) in [6.07, 6.45) is 1.27. The van der Waals surface area contributed by atoms with Crippen LogP contribution in [-0.4, -0.2) is 36.8 Å². The first-order chi connectivity index (χ1) is 8.60. The Hall–Kier alpha value is -1.16. The molecule has 1 aromatic carbocycles. The van der Waals surface area contributed by atoms with E-state index >= 15 is 0 Å². The summed E-state index contributed by atoms with van der Waals surface area (Å²) in [5.74, 6) is 1.59. The van der Waals surface area contributed by atoms with Crippen LogP contribution in [0.5, 0.6) is 5.75 Å². The fraction of sp³-hybridized carbons (Fsp3) is 0.500. The Labute approximate surface area is 115 Å². The number of methoxy groups -OCH3 is 1. The van der Waals surface area contributed by atoms with Crippen LogP contribution < -0.4 is 4.74 Å². The summed E-state index contributed by atoms with van der Waals surface area (Å²) in [5, 5.41) is 0. The van der Waals surface area contributed by atoms with E-state index in [0.717, 1.165) is 17.7 Å². The summed E-state index contributed by atoms with van der Waals surface area (Å²) in [6.45, 7) is 2.04. The van der Waals surface area contributed by atoms with Gasteiger partial charge in [-0.2, -0.15) is 12.6 Å². The molecule has 0 spiro atoms. The third-order valence-corrected chi connectivity index (χ3v) is 3.31. The standard InChI is InChI=1S/C14H21NO2S/c1-11(15(2)14(16)8-9-18)10-12-6-4-5-7-13(12)17-3/h4-7,11,18H,8-10H2,1-3H3. The van der Waals surface area contributed by atoms with Gasteiger partial charge in [0.2, 0.25) is 5.91 Å². The maximum atomic E-state index is 11.8. The lowest BCUT2D eigenvalue weighted by atomic mass is 10.0. The molecule has 1 unspecified atom stereocenters. The minimum Gasteiger partial charge on any atom is -0.496 e. The number of benzene rings is 1. The van der Waals surface area contributed by atoms with Crippen molar-refractivity contribution in [2.45, 2.75) is 25.8 Å². The number of rotatable bonds is 6. The van der Waals surface area contributed by atoms with Crippen LogP contribution >= 0.6 is 12.6 Å². The summed E-state index contributed by atoms with van der Waals surface area (Å²) < 4.78 is 5.32. The maximum Gasteiger partial charge on any atom is 0.223 e. The Morgan fingerprint density at radius 1 is 1.44 bits per heavy atom. The number of para-hydroxylation sites is 1. The molecule has 100 valence electrons. The van der Waals surface area contributed by atoms with Gasteiger partial charge in [0.25, 0.3) is 0 Å². The molecule has 18 heavy (non-hydrogen) atoms. The van der Waals surface area contributed by atoms with Gasteiger partial charge in [-0.3, -0.25) is 4.79 Å². The lowest BCUT2D eigenvalue weighted by molar-refractivity contribution is -0.131. The van der Waals surface area contributed by atoms with Crippen LogP contribution in [0.4, 0.5) is 0 Å². The van der Waals surface area contributed by atoms with E-state index in [1.54, 1.807) is 12.0 Å². The van der Waals surface area contributed by atoms with Gasteiger partial charge in [0.05, 0.1) is 7.11 Å². The molecule has 1 amide bonds. The summed E-state index contributed by atoms with van der Waals surface area (Å²) in [7, 11) is 3.51. The highest BCUT2D eigenvalue weighted by atomic mass is 32.1. The minimum absolute atomic E-state index is 0.132. The smallest absolute Gasteiger partial charge is 0.223 e. The van der Waals surface area contributed by atoms with Gasteiger partial charge < -0.3 is 9.64 Å². The normalized spacial score (nSPS) is 12.0. The predicted octanol–water partition coefficient (Wildman–Crippen LogP) is 2.40. The number of carbonyl (C=O) groups excluding carboxylic acids is 1. The maximum absolute atomic E-state index is 11.8. The van der Waals surface area contributed by atoms with Crippen molar-refractivity contribution in [2.24, 2.45) is 0 Å². The van der Waals surface area contributed by atoms with Gasteiger partial charge in [-0.25, -0.2) is 0 Å². The second kappa shape index (κ2) is 7.31. The van der Waals surface area contributed by atoms with E-state index in [1.165, 1.54) is 0 Å². The van der Waals surface area contributed by atoms with Crippen molar-refractivity contribution in [2.75, 3.05) is 19.9 Å². The van der Waals surface area contributed by atoms with Crippen molar-refractivity contribution < 1.29 is 9.53 Å². The number of thiol groups is 1. The summed E-state index contributed by atoms with van der Waals surface area (Å²) in [5.41, 5.74) is 1.12. The summed E-state index contributed by atoms with van der Waals surface area (Å²) in [6, 6.07) is 8.06. The van der Waals surface area contributed by atoms with Gasteiger partial charge in [-0.1, -0.05) is 18.2 Å². The molecule has 0 saturated carbocycles. The van der Waals surface area contributed by atoms with Gasteiger partial charge in [-0.05, 0) is 30.7 Å². The quantitative estimate of drug-likeness (QED) is 0.802. The molecule has 0 aliphatic rings. The van der Waals surface area contributed by atoms with Crippen LogP contribution in [0.3, 0.4) is 0 Å². The Morgan fingerprint density at radius 3 is 2.72 bits per heavy atom. The average molecular weight is 267 g/mol. The number of hydrogen-bond acceptors (Lipinski definition) is 3. The average Bonchev–Trinajstić information content (AvgIpc) is 2.38. The van der Waals surface area contributed by atoms with E-state index < -0.39 is 0 Å². The molecule has 0 radical (unpaired) electrons. The van der Waals surface area contributed by atoms with Gasteiger partial charge in [0, 0.05) is 19.5 Å². The first-order valence-corrected chi connectivity index (χ1v) is 6.71. The van der Waals surface area contributed by atoms with Crippen molar-refractivity contribution in [3.8, 4) is 5.75 Å². The molecular formula is C14H21NO2S. The number of likely N-dealkylation sites (N-methyl/N-ethyl adjacent to an activating group) is 1. The lowest BCUT2D eigenvalue weighted by Gasteiger charge is -2.25. The molecule has 1 aromatic rings. The SMILES string of the molecule is COc1ccccc1CC(C)N(C)C(=O)CCS. The third-order valence-electron chi connectivity index (χ3n) is 3.09. The molecule has 0 aromatic heterocycles. The Balaban J connectivity index is 2.69. The third kappa shape index (κ3) is 3.95. The van der Waals surface area contributed by atoms with Crippen molar-refractivity contribution in [3.63, 3.8) is 0 Å². The van der Waals surface area contributed by atoms with Crippen molar-refractivity contribution >= 4 is 18.5 Å². The highest BCUT2D eigenvalue weighted by Crippen LogP contribution is 2.20. The highest BCUT2D eigenvalue weighted by Gasteiger charge is 2.16. The van der Waals surface area contributed by atoms with Gasteiger partial charge >= 0.3 is 0 Å². The number of carbonyl (C=O) groups is 1. The number of amides is 1. The zero-order chi connectivity index (χ0) is 13.5. The molecular weight excluding hydrogens is 246 g/mol. The fourth-order valence-corrected chi connectivity index (χ4v) is 2.04. The zero-order valence-corrected chi connectivity index (χ0v) is 12.1.